The predicted octanol–water partition coefficient (Wildman–Crippen LogP) is 2.26. The van der Waals surface area contributed by atoms with Crippen molar-refractivity contribution in [2.45, 2.75) is 51.6 Å². The molecule has 4 rings (SSSR count). The summed E-state index contributed by atoms with van der Waals surface area (Å²) < 4.78 is 1.76. The first-order chi connectivity index (χ1) is 13.2. The Morgan fingerprint density at radius 3 is 2.89 bits per heavy atom. The molecule has 146 valence electrons. The van der Waals surface area contributed by atoms with E-state index in [1.807, 2.05) is 6.92 Å². The van der Waals surface area contributed by atoms with Crippen LogP contribution in [0.2, 0.25) is 0 Å². The summed E-state index contributed by atoms with van der Waals surface area (Å²) in [6.07, 6.45) is 11.4. The zero-order valence-electron chi connectivity index (χ0n) is 16.2. The van der Waals surface area contributed by atoms with Gasteiger partial charge in [-0.15, -0.1) is 0 Å². The van der Waals surface area contributed by atoms with E-state index in [9.17, 15) is 4.79 Å². The van der Waals surface area contributed by atoms with Crippen molar-refractivity contribution >= 4 is 11.9 Å². The van der Waals surface area contributed by atoms with Crippen molar-refractivity contribution < 1.29 is 0 Å². The Balaban J connectivity index is 1.53. The molecule has 3 aliphatic rings. The van der Waals surface area contributed by atoms with Crippen molar-refractivity contribution in [1.29, 1.82) is 0 Å². The minimum Gasteiger partial charge on any atom is -0.335 e. The highest BCUT2D eigenvalue weighted by Gasteiger charge is 2.31. The Bertz CT molecular complexity index is 777. The number of nitrogens with one attached hydrogen (secondary N) is 2. The van der Waals surface area contributed by atoms with Crippen molar-refractivity contribution in [3.63, 3.8) is 0 Å². The average molecular weight is 371 g/mol. The van der Waals surface area contributed by atoms with Gasteiger partial charge in [0.2, 0.25) is 5.95 Å². The number of likely N-dealkylation sites (tertiary alicyclic amines) is 1. The van der Waals surface area contributed by atoms with Gasteiger partial charge in [-0.2, -0.15) is 0 Å². The number of rotatable bonds is 4. The van der Waals surface area contributed by atoms with Gasteiger partial charge in [0.15, 0.2) is 5.96 Å². The fourth-order valence-corrected chi connectivity index (χ4v) is 4.31. The van der Waals surface area contributed by atoms with Gasteiger partial charge in [-0.05, 0) is 52.1 Å². The summed E-state index contributed by atoms with van der Waals surface area (Å²) in [5.74, 6) is 1.71. The quantitative estimate of drug-likeness (QED) is 0.796. The summed E-state index contributed by atoms with van der Waals surface area (Å²) in [5, 5.41) is 6.73. The van der Waals surface area contributed by atoms with Gasteiger partial charge in [-0.25, -0.2) is 4.98 Å². The molecule has 2 unspecified atom stereocenters. The maximum Gasteiger partial charge on any atom is 0.256 e. The van der Waals surface area contributed by atoms with Crippen LogP contribution in [0.1, 0.15) is 50.4 Å². The number of aliphatic imine (C=N–C) groups is 1. The maximum absolute atomic E-state index is 12.6. The van der Waals surface area contributed by atoms with E-state index >= 15 is 0 Å². The Kier molecular flexibility index (Phi) is 5.57. The number of allylic oxidation sites excluding steroid dienone is 2. The number of guanidine groups is 1. The molecule has 1 aromatic heterocycles. The molecule has 2 aliphatic heterocycles. The lowest BCUT2D eigenvalue weighted by Gasteiger charge is -2.36. The highest BCUT2D eigenvalue weighted by atomic mass is 16.1. The Morgan fingerprint density at radius 1 is 1.26 bits per heavy atom. The smallest absolute Gasteiger partial charge is 0.256 e. The van der Waals surface area contributed by atoms with Crippen LogP contribution in [0.3, 0.4) is 0 Å². The van der Waals surface area contributed by atoms with E-state index in [1.165, 1.54) is 32.4 Å². The summed E-state index contributed by atoms with van der Waals surface area (Å²) >= 11 is 0. The zero-order valence-corrected chi connectivity index (χ0v) is 16.2. The van der Waals surface area contributed by atoms with Gasteiger partial charge in [0, 0.05) is 24.2 Å². The van der Waals surface area contributed by atoms with Crippen LogP contribution in [0.15, 0.2) is 28.0 Å². The Labute approximate surface area is 160 Å². The highest BCUT2D eigenvalue weighted by Crippen LogP contribution is 2.30. The topological polar surface area (TPSA) is 74.5 Å². The van der Waals surface area contributed by atoms with Crippen LogP contribution in [-0.2, 0) is 0 Å². The van der Waals surface area contributed by atoms with Crippen LogP contribution in [0.25, 0.3) is 0 Å². The second kappa shape index (κ2) is 8.25. The summed E-state index contributed by atoms with van der Waals surface area (Å²) in [6.45, 7) is 5.96. The number of hydrogen-bond acceptors (Lipinski definition) is 4. The number of hydrogen-bond donors (Lipinski definition) is 2. The molecule has 7 nitrogen and oxygen atoms in total. The molecule has 3 heterocycles. The first kappa shape index (κ1) is 18.2. The van der Waals surface area contributed by atoms with Crippen LogP contribution in [0.5, 0.6) is 0 Å². The van der Waals surface area contributed by atoms with Crippen molar-refractivity contribution in [2.75, 3.05) is 31.5 Å². The van der Waals surface area contributed by atoms with Crippen LogP contribution >= 0.6 is 0 Å². The van der Waals surface area contributed by atoms with Crippen molar-refractivity contribution in [2.24, 2.45) is 10.9 Å². The molecule has 27 heavy (non-hydrogen) atoms. The second-order valence-electron chi connectivity index (χ2n) is 7.82. The molecule has 0 aromatic carbocycles. The van der Waals surface area contributed by atoms with E-state index in [1.54, 1.807) is 10.6 Å². The molecular formula is C20H30N6O. The molecule has 1 saturated heterocycles. The average Bonchev–Trinajstić information content (AvgIpc) is 2.68. The molecule has 2 N–H and O–H groups in total. The minimum absolute atomic E-state index is 0.00980. The fourth-order valence-electron chi connectivity index (χ4n) is 4.31. The van der Waals surface area contributed by atoms with E-state index in [0.29, 0.717) is 11.9 Å². The largest absolute Gasteiger partial charge is 0.335 e. The standard InChI is InChI=1S/C20H30N6O/c1-15-14-17(27)26-18(16-8-4-2-5-9-16)23-19(24-20(26)22-15)21-10-13-25-11-6-3-7-12-25/h2,4,14,16,18H,3,5-13H2,1H3,(H2,21,22,23,24). The lowest BCUT2D eigenvalue weighted by Crippen LogP contribution is -2.50. The number of aryl methyl sites for hydroxylation is 1. The molecule has 0 bridgehead atoms. The molecule has 1 aliphatic carbocycles. The second-order valence-corrected chi connectivity index (χ2v) is 7.82. The maximum atomic E-state index is 12.6. The molecule has 0 saturated carbocycles. The molecule has 0 amide bonds. The normalized spacial score (nSPS) is 27.1. The molecule has 7 heteroatoms. The summed E-state index contributed by atoms with van der Waals surface area (Å²) in [4.78, 5) is 24.5. The van der Waals surface area contributed by atoms with Crippen molar-refractivity contribution in [3.05, 3.63) is 34.3 Å². The van der Waals surface area contributed by atoms with Crippen LogP contribution in [0.4, 0.5) is 5.95 Å². The zero-order chi connectivity index (χ0) is 18.6. The number of piperidine rings is 1. The monoisotopic (exact) mass is 370 g/mol. The van der Waals surface area contributed by atoms with Gasteiger partial charge in [0.1, 0.15) is 6.17 Å². The summed E-state index contributed by atoms with van der Waals surface area (Å²) in [7, 11) is 0. The molecule has 1 fully saturated rings. The minimum atomic E-state index is -0.0967. The number of anilines is 1. The van der Waals surface area contributed by atoms with Crippen molar-refractivity contribution in [1.82, 2.24) is 19.8 Å². The first-order valence-electron chi connectivity index (χ1n) is 10.3. The third-order valence-electron chi connectivity index (χ3n) is 5.76. The number of nitrogens with zero attached hydrogens (tertiary/aromatic N) is 4. The fraction of sp³-hybridized carbons (Fsp3) is 0.650. The van der Waals surface area contributed by atoms with Gasteiger partial charge in [-0.1, -0.05) is 18.6 Å². The van der Waals surface area contributed by atoms with Gasteiger partial charge >= 0.3 is 0 Å². The van der Waals surface area contributed by atoms with Crippen LogP contribution < -0.4 is 16.2 Å². The van der Waals surface area contributed by atoms with E-state index in [0.717, 1.165) is 44.0 Å². The van der Waals surface area contributed by atoms with Gasteiger partial charge in [-0.3, -0.25) is 19.7 Å². The van der Waals surface area contributed by atoms with Crippen LogP contribution in [-0.4, -0.2) is 46.6 Å². The molecular weight excluding hydrogens is 340 g/mol. The van der Waals surface area contributed by atoms with E-state index < -0.39 is 0 Å². The Morgan fingerprint density at radius 2 is 2.11 bits per heavy atom. The lowest BCUT2D eigenvalue weighted by atomic mass is 9.91. The molecule has 0 radical (unpaired) electrons. The van der Waals surface area contributed by atoms with Gasteiger partial charge in [0.25, 0.3) is 5.56 Å². The molecule has 1 aromatic rings. The SMILES string of the molecule is Cc1cc(=O)n2c(n1)NC(=NCCN1CCCCC1)NC2C1CC=CCC1. The van der Waals surface area contributed by atoms with Crippen molar-refractivity contribution in [3.8, 4) is 0 Å². The summed E-state index contributed by atoms with van der Waals surface area (Å²) in [6, 6.07) is 1.61. The highest BCUT2D eigenvalue weighted by molar-refractivity contribution is 5.93. The number of fused-ring (bicyclic) bond motifs is 1. The van der Waals surface area contributed by atoms with E-state index in [4.69, 9.17) is 4.99 Å². The molecule has 2 atom stereocenters. The Hall–Kier alpha value is -2.15. The van der Waals surface area contributed by atoms with Gasteiger partial charge < -0.3 is 10.2 Å². The van der Waals surface area contributed by atoms with E-state index in [-0.39, 0.29) is 11.7 Å². The predicted molar refractivity (Wildman–Crippen MR) is 108 cm³/mol. The van der Waals surface area contributed by atoms with Gasteiger partial charge in [0.05, 0.1) is 6.54 Å². The lowest BCUT2D eigenvalue weighted by molar-refractivity contribution is 0.234. The van der Waals surface area contributed by atoms with Crippen LogP contribution in [0, 0.1) is 12.8 Å². The summed E-state index contributed by atoms with van der Waals surface area (Å²) in [5.41, 5.74) is 0.722. The number of aromatic nitrogens is 2. The first-order valence-corrected chi connectivity index (χ1v) is 10.3. The third kappa shape index (κ3) is 4.24. The third-order valence-corrected chi connectivity index (χ3v) is 5.76. The van der Waals surface area contributed by atoms with E-state index in [2.05, 4.69) is 32.7 Å². The molecule has 0 spiro atoms.